The molecule has 0 heterocycles. The van der Waals surface area contributed by atoms with Gasteiger partial charge < -0.3 is 4.90 Å². The molecule has 0 unspecified atom stereocenters. The minimum absolute atomic E-state index is 0.466. The molecule has 0 aliphatic carbocycles. The molecule has 0 radical (unpaired) electrons. The van der Waals surface area contributed by atoms with Crippen LogP contribution in [0.3, 0.4) is 0 Å². The van der Waals surface area contributed by atoms with Gasteiger partial charge in [-0.3, -0.25) is 0 Å². The number of benzene rings is 1. The molecule has 1 aromatic carbocycles. The lowest BCUT2D eigenvalue weighted by molar-refractivity contribution is 0.591. The van der Waals surface area contributed by atoms with E-state index in [1.165, 1.54) is 0 Å². The van der Waals surface area contributed by atoms with E-state index in [0.29, 0.717) is 16.6 Å². The summed E-state index contributed by atoms with van der Waals surface area (Å²) in [4.78, 5) is 2.16. The van der Waals surface area contributed by atoms with E-state index < -0.39 is 0 Å². The van der Waals surface area contributed by atoms with Gasteiger partial charge in [0.05, 0.1) is 11.3 Å². The minimum atomic E-state index is 0.466. The van der Waals surface area contributed by atoms with Gasteiger partial charge in [-0.1, -0.05) is 25.4 Å². The molecule has 1 rings (SSSR count). The summed E-state index contributed by atoms with van der Waals surface area (Å²) in [5.41, 5.74) is 1.60. The molecule has 2 nitrogen and oxygen atoms in total. The predicted octanol–water partition coefficient (Wildman–Crippen LogP) is 3.84. The van der Waals surface area contributed by atoms with Gasteiger partial charge in [0.15, 0.2) is 0 Å². The lowest BCUT2D eigenvalue weighted by atomic mass is 10.1. The van der Waals surface area contributed by atoms with Gasteiger partial charge in [-0.25, -0.2) is 0 Å². The lowest BCUT2D eigenvalue weighted by Gasteiger charge is -2.29. The minimum Gasteiger partial charge on any atom is -0.371 e. The van der Waals surface area contributed by atoms with Crippen LogP contribution in [-0.2, 0) is 0 Å². The smallest absolute Gasteiger partial charge is 0.101 e. The van der Waals surface area contributed by atoms with Gasteiger partial charge in [0.2, 0.25) is 0 Å². The van der Waals surface area contributed by atoms with Crippen LogP contribution >= 0.6 is 11.6 Å². The Morgan fingerprint density at radius 3 is 2.50 bits per heavy atom. The van der Waals surface area contributed by atoms with Crippen LogP contribution in [0.25, 0.3) is 0 Å². The molecule has 0 spiro atoms. The molecule has 0 atom stereocenters. The van der Waals surface area contributed by atoms with Gasteiger partial charge in [-0.05, 0) is 31.0 Å². The van der Waals surface area contributed by atoms with Crippen LogP contribution < -0.4 is 4.90 Å². The van der Waals surface area contributed by atoms with Crippen LogP contribution in [-0.4, -0.2) is 13.1 Å². The van der Waals surface area contributed by atoms with Crippen molar-refractivity contribution in [3.8, 4) is 6.07 Å². The van der Waals surface area contributed by atoms with Crippen LogP contribution in [0.2, 0.25) is 5.02 Å². The number of hydrogen-bond acceptors (Lipinski definition) is 2. The average Bonchev–Trinajstić information content (AvgIpc) is 2.30. The first-order chi connectivity index (χ1) is 7.63. The van der Waals surface area contributed by atoms with Crippen molar-refractivity contribution in [3.05, 3.63) is 28.8 Å². The van der Waals surface area contributed by atoms with E-state index in [4.69, 9.17) is 16.9 Å². The van der Waals surface area contributed by atoms with Gasteiger partial charge in [0.1, 0.15) is 6.07 Å². The van der Waals surface area contributed by atoms with Crippen molar-refractivity contribution >= 4 is 17.3 Å². The quantitative estimate of drug-likeness (QED) is 0.794. The fourth-order valence-electron chi connectivity index (χ4n) is 1.94. The molecule has 0 aromatic heterocycles. The molecule has 0 amide bonds. The van der Waals surface area contributed by atoms with Crippen LogP contribution in [0.15, 0.2) is 18.2 Å². The first-order valence-corrected chi connectivity index (χ1v) is 5.94. The maximum Gasteiger partial charge on any atom is 0.101 e. The molecule has 0 saturated carbocycles. The van der Waals surface area contributed by atoms with E-state index >= 15 is 0 Å². The second-order valence-electron chi connectivity index (χ2n) is 3.85. The summed E-state index contributed by atoms with van der Waals surface area (Å²) in [6.07, 6.45) is 2.14. The SMILES string of the molecule is CCC(CC)N(C)c1ccc(Cl)cc1C#N. The highest BCUT2D eigenvalue weighted by molar-refractivity contribution is 6.30. The summed E-state index contributed by atoms with van der Waals surface area (Å²) >= 11 is 5.88. The molecule has 0 N–H and O–H groups in total. The third kappa shape index (κ3) is 2.68. The Morgan fingerprint density at radius 2 is 2.00 bits per heavy atom. The summed E-state index contributed by atoms with van der Waals surface area (Å²) in [5, 5.41) is 9.69. The number of anilines is 1. The number of nitriles is 1. The number of halogens is 1. The molecule has 1 aromatic rings. The van der Waals surface area contributed by atoms with Crippen molar-refractivity contribution in [3.63, 3.8) is 0 Å². The molecule has 16 heavy (non-hydrogen) atoms. The zero-order valence-corrected chi connectivity index (χ0v) is 10.8. The average molecular weight is 237 g/mol. The van der Waals surface area contributed by atoms with Crippen molar-refractivity contribution in [2.45, 2.75) is 32.7 Å². The molecule has 0 aliphatic rings. The van der Waals surface area contributed by atoms with Crippen LogP contribution in [0.4, 0.5) is 5.69 Å². The number of hydrogen-bond donors (Lipinski definition) is 0. The lowest BCUT2D eigenvalue weighted by Crippen LogP contribution is -2.30. The van der Waals surface area contributed by atoms with Gasteiger partial charge in [0, 0.05) is 18.1 Å². The predicted molar refractivity (Wildman–Crippen MR) is 68.9 cm³/mol. The molecule has 86 valence electrons. The van der Waals surface area contributed by atoms with E-state index in [1.54, 1.807) is 6.07 Å². The molecular weight excluding hydrogens is 220 g/mol. The van der Waals surface area contributed by atoms with Gasteiger partial charge in [0.25, 0.3) is 0 Å². The summed E-state index contributed by atoms with van der Waals surface area (Å²) in [7, 11) is 2.03. The topological polar surface area (TPSA) is 27.0 Å². The Kier molecular flexibility index (Phi) is 4.64. The largest absolute Gasteiger partial charge is 0.371 e. The summed E-state index contributed by atoms with van der Waals surface area (Å²) in [5.74, 6) is 0. The Hall–Kier alpha value is -1.20. The summed E-state index contributed by atoms with van der Waals surface area (Å²) in [6, 6.07) is 8.12. The maximum absolute atomic E-state index is 9.08. The van der Waals surface area contributed by atoms with E-state index in [-0.39, 0.29) is 0 Å². The first-order valence-electron chi connectivity index (χ1n) is 5.56. The third-order valence-electron chi connectivity index (χ3n) is 2.95. The van der Waals surface area contributed by atoms with Crippen LogP contribution in [0, 0.1) is 11.3 Å². The second kappa shape index (κ2) is 5.77. The van der Waals surface area contributed by atoms with Gasteiger partial charge in [-0.2, -0.15) is 5.26 Å². The van der Waals surface area contributed by atoms with E-state index in [1.807, 2.05) is 19.2 Å². The summed E-state index contributed by atoms with van der Waals surface area (Å²) in [6.45, 7) is 4.32. The highest BCUT2D eigenvalue weighted by Gasteiger charge is 2.14. The van der Waals surface area contributed by atoms with Crippen molar-refractivity contribution in [2.24, 2.45) is 0 Å². The molecule has 0 aliphatic heterocycles. The highest BCUT2D eigenvalue weighted by Crippen LogP contribution is 2.25. The Labute approximate surface area is 102 Å². The third-order valence-corrected chi connectivity index (χ3v) is 3.18. The fourth-order valence-corrected chi connectivity index (χ4v) is 2.11. The Morgan fingerprint density at radius 1 is 1.38 bits per heavy atom. The number of nitrogens with zero attached hydrogens (tertiary/aromatic N) is 2. The van der Waals surface area contributed by atoms with Crippen LogP contribution in [0.5, 0.6) is 0 Å². The Balaban J connectivity index is 3.08. The van der Waals surface area contributed by atoms with Crippen LogP contribution in [0.1, 0.15) is 32.3 Å². The van der Waals surface area contributed by atoms with Crippen molar-refractivity contribution in [1.82, 2.24) is 0 Å². The van der Waals surface area contributed by atoms with Crippen molar-refractivity contribution in [1.29, 1.82) is 5.26 Å². The van der Waals surface area contributed by atoms with E-state index in [9.17, 15) is 0 Å². The molecule has 0 fully saturated rings. The number of rotatable bonds is 4. The van der Waals surface area contributed by atoms with E-state index in [0.717, 1.165) is 18.5 Å². The molecule has 0 bridgehead atoms. The molecule has 3 heteroatoms. The zero-order chi connectivity index (χ0) is 12.1. The maximum atomic E-state index is 9.08. The van der Waals surface area contributed by atoms with Crippen molar-refractivity contribution < 1.29 is 0 Å². The summed E-state index contributed by atoms with van der Waals surface area (Å²) < 4.78 is 0. The fraction of sp³-hybridized carbons (Fsp3) is 0.462. The monoisotopic (exact) mass is 236 g/mol. The first kappa shape index (κ1) is 12.9. The second-order valence-corrected chi connectivity index (χ2v) is 4.29. The van der Waals surface area contributed by atoms with E-state index in [2.05, 4.69) is 24.8 Å². The Bertz CT molecular complexity index is 391. The van der Waals surface area contributed by atoms with Crippen molar-refractivity contribution in [2.75, 3.05) is 11.9 Å². The molecular formula is C13H17ClN2. The highest BCUT2D eigenvalue weighted by atomic mass is 35.5. The zero-order valence-electron chi connectivity index (χ0n) is 10.00. The van der Waals surface area contributed by atoms with Gasteiger partial charge >= 0.3 is 0 Å². The van der Waals surface area contributed by atoms with Gasteiger partial charge in [-0.15, -0.1) is 0 Å². The standard InChI is InChI=1S/C13H17ClN2/c1-4-12(5-2)16(3)13-7-6-11(14)8-10(13)9-15/h6-8,12H,4-5H2,1-3H3. The normalized spacial score (nSPS) is 10.2. The molecule has 0 saturated heterocycles.